The van der Waals surface area contributed by atoms with Gasteiger partial charge in [0.1, 0.15) is 5.82 Å². The smallest absolute Gasteiger partial charge is 0.227 e. The van der Waals surface area contributed by atoms with E-state index in [-0.39, 0.29) is 17.9 Å². The van der Waals surface area contributed by atoms with Crippen LogP contribution in [-0.4, -0.2) is 67.2 Å². The summed E-state index contributed by atoms with van der Waals surface area (Å²) >= 11 is 0. The lowest BCUT2D eigenvalue weighted by Gasteiger charge is -2.36. The highest BCUT2D eigenvalue weighted by Crippen LogP contribution is 2.25. The summed E-state index contributed by atoms with van der Waals surface area (Å²) in [5.74, 6) is 1.05. The van der Waals surface area contributed by atoms with Gasteiger partial charge in [0.15, 0.2) is 0 Å². The van der Waals surface area contributed by atoms with Crippen LogP contribution in [0.4, 0.5) is 11.5 Å². The quantitative estimate of drug-likeness (QED) is 0.682. The minimum absolute atomic E-state index is 0.0294. The summed E-state index contributed by atoms with van der Waals surface area (Å²) in [7, 11) is 4.07. The average Bonchev–Trinajstić information content (AvgIpc) is 3.32. The average molecular weight is 424 g/mol. The Bertz CT molecular complexity index is 837. The molecule has 7 nitrogen and oxygen atoms in total. The molecule has 1 aromatic carbocycles. The molecule has 2 saturated heterocycles. The Hall–Kier alpha value is -2.67. The summed E-state index contributed by atoms with van der Waals surface area (Å²) in [6, 6.07) is 8.47. The molecule has 2 fully saturated rings. The lowest BCUT2D eigenvalue weighted by molar-refractivity contribution is -0.138. The number of carbonyl (C=O) groups is 1. The van der Waals surface area contributed by atoms with Crippen LogP contribution in [-0.2, 0) is 16.1 Å². The Morgan fingerprint density at radius 1 is 1.16 bits per heavy atom. The number of carbonyl (C=O) groups excluding carboxylic acids is 1. The van der Waals surface area contributed by atoms with E-state index >= 15 is 0 Å². The molecule has 0 aliphatic carbocycles. The van der Waals surface area contributed by atoms with E-state index < -0.39 is 0 Å². The molecule has 2 unspecified atom stereocenters. The second-order valence-corrected chi connectivity index (χ2v) is 8.76. The van der Waals surface area contributed by atoms with Gasteiger partial charge >= 0.3 is 0 Å². The van der Waals surface area contributed by atoms with Crippen molar-refractivity contribution >= 4 is 17.4 Å². The second kappa shape index (κ2) is 10.1. The summed E-state index contributed by atoms with van der Waals surface area (Å²) in [4.78, 5) is 28.6. The monoisotopic (exact) mass is 423 g/mol. The molecule has 166 valence electrons. The maximum absolute atomic E-state index is 13.6. The molecule has 0 radical (unpaired) electrons. The van der Waals surface area contributed by atoms with E-state index in [1.54, 1.807) is 18.6 Å². The molecule has 2 aromatic rings. The van der Waals surface area contributed by atoms with Gasteiger partial charge in [-0.05, 0) is 43.4 Å². The SMILES string of the molecule is CN(C)c1ccc(CN(CC2CCCO2)C(=O)C2CCCN(c3cnccn3)C2)cc1. The molecule has 1 aromatic heterocycles. The second-order valence-electron chi connectivity index (χ2n) is 8.76. The number of hydrogen-bond acceptors (Lipinski definition) is 6. The van der Waals surface area contributed by atoms with Gasteiger partial charge in [-0.3, -0.25) is 9.78 Å². The van der Waals surface area contributed by atoms with Gasteiger partial charge in [-0.15, -0.1) is 0 Å². The summed E-state index contributed by atoms with van der Waals surface area (Å²) < 4.78 is 5.87. The van der Waals surface area contributed by atoms with E-state index in [0.29, 0.717) is 19.6 Å². The lowest BCUT2D eigenvalue weighted by atomic mass is 9.96. The first kappa shape index (κ1) is 21.6. The molecule has 4 rings (SSSR count). The van der Waals surface area contributed by atoms with E-state index in [1.165, 1.54) is 0 Å². The Morgan fingerprint density at radius 2 is 2.00 bits per heavy atom. The number of nitrogens with zero attached hydrogens (tertiary/aromatic N) is 5. The van der Waals surface area contributed by atoms with Crippen molar-refractivity contribution in [1.29, 1.82) is 0 Å². The Morgan fingerprint density at radius 3 is 2.68 bits per heavy atom. The van der Waals surface area contributed by atoms with Crippen LogP contribution in [0.5, 0.6) is 0 Å². The zero-order valence-corrected chi connectivity index (χ0v) is 18.6. The summed E-state index contributed by atoms with van der Waals surface area (Å²) in [5.41, 5.74) is 2.31. The number of anilines is 2. The number of rotatable bonds is 7. The number of hydrogen-bond donors (Lipinski definition) is 0. The van der Waals surface area contributed by atoms with E-state index in [1.807, 2.05) is 19.0 Å². The number of ether oxygens (including phenoxy) is 1. The molecule has 0 N–H and O–H groups in total. The van der Waals surface area contributed by atoms with Gasteiger partial charge < -0.3 is 19.4 Å². The zero-order chi connectivity index (χ0) is 21.6. The number of benzene rings is 1. The van der Waals surface area contributed by atoms with E-state index in [2.05, 4.69) is 44.0 Å². The highest BCUT2D eigenvalue weighted by atomic mass is 16.5. The maximum Gasteiger partial charge on any atom is 0.227 e. The van der Waals surface area contributed by atoms with Crippen LogP contribution < -0.4 is 9.80 Å². The van der Waals surface area contributed by atoms with Crippen LogP contribution in [0.3, 0.4) is 0 Å². The van der Waals surface area contributed by atoms with Crippen molar-refractivity contribution in [1.82, 2.24) is 14.9 Å². The lowest BCUT2D eigenvalue weighted by Crippen LogP contribution is -2.46. The van der Waals surface area contributed by atoms with Gasteiger partial charge in [-0.1, -0.05) is 12.1 Å². The normalized spacial score (nSPS) is 21.2. The third kappa shape index (κ3) is 5.53. The van der Waals surface area contributed by atoms with Crippen molar-refractivity contribution in [2.45, 2.75) is 38.3 Å². The molecule has 2 aliphatic heterocycles. The molecule has 0 spiro atoms. The summed E-state index contributed by atoms with van der Waals surface area (Å²) in [6.07, 6.45) is 9.32. The number of aromatic nitrogens is 2. The predicted molar refractivity (Wildman–Crippen MR) is 122 cm³/mol. The van der Waals surface area contributed by atoms with E-state index in [9.17, 15) is 4.79 Å². The topological polar surface area (TPSA) is 61.8 Å². The molecule has 31 heavy (non-hydrogen) atoms. The molecule has 2 atom stereocenters. The predicted octanol–water partition coefficient (Wildman–Crippen LogP) is 2.97. The molecule has 1 amide bonds. The van der Waals surface area contributed by atoms with Gasteiger partial charge in [0.25, 0.3) is 0 Å². The third-order valence-electron chi connectivity index (χ3n) is 6.23. The fourth-order valence-corrected chi connectivity index (χ4v) is 4.49. The first-order chi connectivity index (χ1) is 15.1. The fraction of sp³-hybridized carbons (Fsp3) is 0.542. The summed E-state index contributed by atoms with van der Waals surface area (Å²) in [6.45, 7) is 3.69. The van der Waals surface area contributed by atoms with Gasteiger partial charge in [-0.25, -0.2) is 4.98 Å². The van der Waals surface area contributed by atoms with Crippen molar-refractivity contribution in [3.05, 3.63) is 48.4 Å². The highest BCUT2D eigenvalue weighted by molar-refractivity contribution is 5.80. The van der Waals surface area contributed by atoms with Crippen molar-refractivity contribution in [2.24, 2.45) is 5.92 Å². The minimum atomic E-state index is -0.0294. The third-order valence-corrected chi connectivity index (χ3v) is 6.23. The van der Waals surface area contributed by atoms with Crippen LogP contribution >= 0.6 is 0 Å². The van der Waals surface area contributed by atoms with Crippen LogP contribution in [0.25, 0.3) is 0 Å². The molecule has 3 heterocycles. The zero-order valence-electron chi connectivity index (χ0n) is 18.6. The fourth-order valence-electron chi connectivity index (χ4n) is 4.49. The summed E-state index contributed by atoms with van der Waals surface area (Å²) in [5, 5.41) is 0. The van der Waals surface area contributed by atoms with Crippen molar-refractivity contribution in [2.75, 3.05) is 50.1 Å². The number of piperidine rings is 1. The van der Waals surface area contributed by atoms with Crippen LogP contribution in [0.15, 0.2) is 42.9 Å². The largest absolute Gasteiger partial charge is 0.378 e. The molecule has 7 heteroatoms. The molecule has 0 bridgehead atoms. The van der Waals surface area contributed by atoms with Gasteiger partial charge in [0.2, 0.25) is 5.91 Å². The van der Waals surface area contributed by atoms with Crippen molar-refractivity contribution in [3.8, 4) is 0 Å². The van der Waals surface area contributed by atoms with Crippen LogP contribution in [0, 0.1) is 5.92 Å². The first-order valence-electron chi connectivity index (χ1n) is 11.3. The van der Waals surface area contributed by atoms with Gasteiger partial charge in [0, 0.05) is 65.0 Å². The molecular weight excluding hydrogens is 390 g/mol. The first-order valence-corrected chi connectivity index (χ1v) is 11.3. The van der Waals surface area contributed by atoms with E-state index in [4.69, 9.17) is 4.74 Å². The Kier molecular flexibility index (Phi) is 7.02. The van der Waals surface area contributed by atoms with Crippen LogP contribution in [0.2, 0.25) is 0 Å². The highest BCUT2D eigenvalue weighted by Gasteiger charge is 2.32. The minimum Gasteiger partial charge on any atom is -0.378 e. The van der Waals surface area contributed by atoms with Crippen LogP contribution in [0.1, 0.15) is 31.2 Å². The molecule has 0 saturated carbocycles. The van der Waals surface area contributed by atoms with Crippen molar-refractivity contribution in [3.63, 3.8) is 0 Å². The maximum atomic E-state index is 13.6. The standard InChI is InChI=1S/C24H33N5O2/c1-27(2)21-9-7-19(8-10-21)16-29(18-22-6-4-14-31-22)24(30)20-5-3-13-28(17-20)23-15-25-11-12-26-23/h7-12,15,20,22H,3-6,13-14,16-18H2,1-2H3. The Labute approximate surface area is 185 Å². The van der Waals surface area contributed by atoms with Gasteiger partial charge in [0.05, 0.1) is 18.2 Å². The van der Waals surface area contributed by atoms with E-state index in [0.717, 1.165) is 55.9 Å². The van der Waals surface area contributed by atoms with Crippen molar-refractivity contribution < 1.29 is 9.53 Å². The molecule has 2 aliphatic rings. The number of amides is 1. The van der Waals surface area contributed by atoms with Gasteiger partial charge in [-0.2, -0.15) is 0 Å². The Balaban J connectivity index is 1.47. The molecular formula is C24H33N5O2.